The highest BCUT2D eigenvalue weighted by Gasteiger charge is 2.12. The standard InChI is InChI=1S/C13H16BrN3O3/c14-8-6-11-10(16-13(20)17-11)5-7(8)9(15)3-1-2-4-12(18)19/h5-6,9H,1-4,15H2,(H,18,19)(H2,16,17,20). The van der Waals surface area contributed by atoms with Crippen LogP contribution in [0.2, 0.25) is 0 Å². The number of carboxylic acid groups (broad SMARTS) is 1. The fourth-order valence-corrected chi connectivity index (χ4v) is 2.79. The third-order valence-electron chi connectivity index (χ3n) is 3.19. The molecule has 1 atom stereocenters. The number of halogens is 1. The number of aliphatic carboxylic acids is 1. The van der Waals surface area contributed by atoms with E-state index in [0.717, 1.165) is 22.0 Å². The van der Waals surface area contributed by atoms with Gasteiger partial charge in [0, 0.05) is 16.9 Å². The molecule has 0 saturated heterocycles. The van der Waals surface area contributed by atoms with Crippen LogP contribution in [0.3, 0.4) is 0 Å². The summed E-state index contributed by atoms with van der Waals surface area (Å²) in [5.41, 5.74) is 8.23. The molecule has 0 aliphatic heterocycles. The molecule has 0 spiro atoms. The Morgan fingerprint density at radius 3 is 2.60 bits per heavy atom. The first kappa shape index (κ1) is 14.8. The third kappa shape index (κ3) is 3.49. The minimum Gasteiger partial charge on any atom is -0.481 e. The van der Waals surface area contributed by atoms with E-state index in [0.29, 0.717) is 18.4 Å². The minimum absolute atomic E-state index is 0.165. The largest absolute Gasteiger partial charge is 0.481 e. The van der Waals surface area contributed by atoms with Crippen LogP contribution in [0.1, 0.15) is 37.3 Å². The fourth-order valence-electron chi connectivity index (χ4n) is 2.15. The van der Waals surface area contributed by atoms with Gasteiger partial charge in [-0.3, -0.25) is 4.79 Å². The molecule has 2 rings (SSSR count). The molecule has 2 aromatic rings. The van der Waals surface area contributed by atoms with Gasteiger partial charge >= 0.3 is 11.7 Å². The summed E-state index contributed by atoms with van der Waals surface area (Å²) in [4.78, 5) is 27.1. The summed E-state index contributed by atoms with van der Waals surface area (Å²) in [6.45, 7) is 0. The molecule has 1 aromatic carbocycles. The average Bonchev–Trinajstić information content (AvgIpc) is 2.72. The molecule has 7 heteroatoms. The maximum Gasteiger partial charge on any atom is 0.323 e. The second kappa shape index (κ2) is 6.23. The Bertz CT molecular complexity index is 677. The van der Waals surface area contributed by atoms with E-state index in [2.05, 4.69) is 25.9 Å². The lowest BCUT2D eigenvalue weighted by Crippen LogP contribution is -2.11. The Morgan fingerprint density at radius 2 is 1.95 bits per heavy atom. The van der Waals surface area contributed by atoms with Crippen molar-refractivity contribution in [2.75, 3.05) is 0 Å². The van der Waals surface area contributed by atoms with Crippen molar-refractivity contribution in [3.8, 4) is 0 Å². The van der Waals surface area contributed by atoms with Crippen LogP contribution in [0.15, 0.2) is 21.4 Å². The number of carboxylic acids is 1. The van der Waals surface area contributed by atoms with Gasteiger partial charge < -0.3 is 20.8 Å². The predicted molar refractivity (Wildman–Crippen MR) is 79.7 cm³/mol. The van der Waals surface area contributed by atoms with Crippen molar-refractivity contribution in [3.63, 3.8) is 0 Å². The zero-order chi connectivity index (χ0) is 14.7. The zero-order valence-corrected chi connectivity index (χ0v) is 12.4. The Labute approximate surface area is 123 Å². The van der Waals surface area contributed by atoms with E-state index in [-0.39, 0.29) is 18.2 Å². The molecule has 1 heterocycles. The summed E-state index contributed by atoms with van der Waals surface area (Å²) >= 11 is 3.45. The van der Waals surface area contributed by atoms with Gasteiger partial charge in [-0.25, -0.2) is 4.79 Å². The molecule has 108 valence electrons. The van der Waals surface area contributed by atoms with Gasteiger partial charge in [-0.1, -0.05) is 22.4 Å². The number of carbonyl (C=O) groups is 1. The third-order valence-corrected chi connectivity index (χ3v) is 3.88. The van der Waals surface area contributed by atoms with Gasteiger partial charge in [-0.2, -0.15) is 0 Å². The van der Waals surface area contributed by atoms with Crippen molar-refractivity contribution in [1.82, 2.24) is 9.97 Å². The highest BCUT2D eigenvalue weighted by molar-refractivity contribution is 9.10. The summed E-state index contributed by atoms with van der Waals surface area (Å²) < 4.78 is 0.839. The molecule has 1 unspecified atom stereocenters. The quantitative estimate of drug-likeness (QED) is 0.603. The number of nitrogens with one attached hydrogen (secondary N) is 2. The first-order valence-corrected chi connectivity index (χ1v) is 7.15. The van der Waals surface area contributed by atoms with Crippen molar-refractivity contribution in [2.45, 2.75) is 31.7 Å². The Balaban J connectivity index is 2.08. The van der Waals surface area contributed by atoms with Crippen molar-refractivity contribution < 1.29 is 9.90 Å². The van der Waals surface area contributed by atoms with Crippen molar-refractivity contribution in [1.29, 1.82) is 0 Å². The lowest BCUT2D eigenvalue weighted by Gasteiger charge is -2.13. The average molecular weight is 342 g/mol. The van der Waals surface area contributed by atoms with Gasteiger partial charge in [0.1, 0.15) is 0 Å². The van der Waals surface area contributed by atoms with Crippen molar-refractivity contribution >= 4 is 32.9 Å². The first-order chi connectivity index (χ1) is 9.47. The van der Waals surface area contributed by atoms with Crippen molar-refractivity contribution in [2.24, 2.45) is 5.73 Å². The topological polar surface area (TPSA) is 112 Å². The van der Waals surface area contributed by atoms with Crippen molar-refractivity contribution in [3.05, 3.63) is 32.7 Å². The molecule has 20 heavy (non-hydrogen) atoms. The van der Waals surface area contributed by atoms with E-state index in [1.54, 1.807) is 0 Å². The van der Waals surface area contributed by atoms with Gasteiger partial charge in [0.05, 0.1) is 11.0 Å². The van der Waals surface area contributed by atoms with Gasteiger partial charge in [-0.15, -0.1) is 0 Å². The number of nitrogens with two attached hydrogens (primary N) is 1. The summed E-state index contributed by atoms with van der Waals surface area (Å²) in [6, 6.07) is 3.47. The van der Waals surface area contributed by atoms with Gasteiger partial charge in [0.15, 0.2) is 0 Å². The van der Waals surface area contributed by atoms with Crippen LogP contribution in [0.25, 0.3) is 11.0 Å². The van der Waals surface area contributed by atoms with E-state index < -0.39 is 5.97 Å². The predicted octanol–water partition coefficient (Wildman–Crippen LogP) is 2.26. The highest BCUT2D eigenvalue weighted by atomic mass is 79.9. The van der Waals surface area contributed by atoms with Crippen LogP contribution < -0.4 is 11.4 Å². The zero-order valence-electron chi connectivity index (χ0n) is 10.8. The van der Waals surface area contributed by atoms with Gasteiger partial charge in [0.25, 0.3) is 0 Å². The number of aromatic nitrogens is 2. The maximum atomic E-state index is 11.2. The molecule has 1 aromatic heterocycles. The van der Waals surface area contributed by atoms with E-state index >= 15 is 0 Å². The molecule has 0 aliphatic carbocycles. The molecule has 0 saturated carbocycles. The van der Waals surface area contributed by atoms with Crippen LogP contribution in [0.5, 0.6) is 0 Å². The summed E-state index contributed by atoms with van der Waals surface area (Å²) in [5.74, 6) is -0.786. The smallest absolute Gasteiger partial charge is 0.323 e. The van der Waals surface area contributed by atoms with Gasteiger partial charge in [-0.05, 0) is 30.5 Å². The number of unbranched alkanes of at least 4 members (excludes halogenated alkanes) is 1. The lowest BCUT2D eigenvalue weighted by atomic mass is 10.0. The second-order valence-electron chi connectivity index (χ2n) is 4.74. The summed E-state index contributed by atoms with van der Waals surface area (Å²) in [7, 11) is 0. The SMILES string of the molecule is NC(CCCCC(=O)O)c1cc2[nH]c(=O)[nH]c2cc1Br. The monoisotopic (exact) mass is 341 g/mol. The number of benzene rings is 1. The van der Waals surface area contributed by atoms with Crippen LogP contribution in [0.4, 0.5) is 0 Å². The molecule has 6 nitrogen and oxygen atoms in total. The summed E-state index contributed by atoms with van der Waals surface area (Å²) in [5, 5.41) is 8.58. The normalized spacial score (nSPS) is 12.7. The number of hydrogen-bond acceptors (Lipinski definition) is 3. The Hall–Kier alpha value is -1.60. The molecule has 5 N–H and O–H groups in total. The minimum atomic E-state index is -0.786. The number of hydrogen-bond donors (Lipinski definition) is 4. The molecule has 0 fully saturated rings. The van der Waals surface area contributed by atoms with Crippen LogP contribution in [0, 0.1) is 0 Å². The maximum absolute atomic E-state index is 11.2. The van der Waals surface area contributed by atoms with Crippen LogP contribution >= 0.6 is 15.9 Å². The lowest BCUT2D eigenvalue weighted by molar-refractivity contribution is -0.137. The van der Waals surface area contributed by atoms with E-state index in [4.69, 9.17) is 10.8 Å². The number of fused-ring (bicyclic) bond motifs is 1. The molecule has 0 bridgehead atoms. The van der Waals surface area contributed by atoms with E-state index in [9.17, 15) is 9.59 Å². The van der Waals surface area contributed by atoms with Crippen LogP contribution in [-0.2, 0) is 4.79 Å². The number of rotatable bonds is 6. The molecular weight excluding hydrogens is 326 g/mol. The summed E-state index contributed by atoms with van der Waals surface area (Å²) in [6.07, 6.45) is 2.23. The fraction of sp³-hybridized carbons (Fsp3) is 0.385. The Kier molecular flexibility index (Phi) is 4.61. The highest BCUT2D eigenvalue weighted by Crippen LogP contribution is 2.28. The number of aromatic amines is 2. The Morgan fingerprint density at radius 1 is 1.30 bits per heavy atom. The van der Waals surface area contributed by atoms with Gasteiger partial charge in [0.2, 0.25) is 0 Å². The molecular formula is C13H16BrN3O3. The molecule has 0 radical (unpaired) electrons. The molecule has 0 aliphatic rings. The first-order valence-electron chi connectivity index (χ1n) is 6.36. The number of imidazole rings is 1. The van der Waals surface area contributed by atoms with E-state index in [1.807, 2.05) is 12.1 Å². The number of H-pyrrole nitrogens is 2. The second-order valence-corrected chi connectivity index (χ2v) is 5.60. The van der Waals surface area contributed by atoms with E-state index in [1.165, 1.54) is 0 Å². The van der Waals surface area contributed by atoms with Crippen LogP contribution in [-0.4, -0.2) is 21.0 Å². The molecule has 0 amide bonds.